The van der Waals surface area contributed by atoms with Gasteiger partial charge in [-0.3, -0.25) is 0 Å². The fraction of sp³-hybridized carbons (Fsp3) is 0.143. The summed E-state index contributed by atoms with van der Waals surface area (Å²) in [6.07, 6.45) is 0. The van der Waals surface area contributed by atoms with Gasteiger partial charge in [0.2, 0.25) is 0 Å². The van der Waals surface area contributed by atoms with Crippen molar-refractivity contribution in [2.24, 2.45) is 0 Å². The molecular weight excluding hydrogens is 142 g/mol. The highest BCUT2D eigenvalue weighted by molar-refractivity contribution is 7.28. The van der Waals surface area contributed by atoms with Crippen molar-refractivity contribution < 1.29 is 5.02 Å². The maximum atomic E-state index is 8.67. The summed E-state index contributed by atoms with van der Waals surface area (Å²) in [6.45, 7) is 2.02. The average molecular weight is 151 g/mol. The first-order valence-electron chi connectivity index (χ1n) is 3.07. The highest BCUT2D eigenvalue weighted by Crippen LogP contribution is 1.93. The van der Waals surface area contributed by atoms with Gasteiger partial charge < -0.3 is 5.02 Å². The predicted molar refractivity (Wildman–Crippen MR) is 48.1 cm³/mol. The zero-order valence-corrected chi connectivity index (χ0v) is 6.99. The lowest BCUT2D eigenvalue weighted by Crippen LogP contribution is -2.26. The lowest BCUT2D eigenvalue weighted by molar-refractivity contribution is 0.615. The van der Waals surface area contributed by atoms with Crippen LogP contribution in [0.2, 0.25) is 0 Å². The molecule has 0 fully saturated rings. The highest BCUT2D eigenvalue weighted by atomic mass is 31.0. The van der Waals surface area contributed by atoms with Gasteiger partial charge in [-0.15, -0.1) is 9.24 Å². The molecule has 0 heterocycles. The van der Waals surface area contributed by atoms with Crippen molar-refractivity contribution in [2.75, 3.05) is 0 Å². The number of hydrogen-bond donors (Lipinski definition) is 1. The number of aryl methyl sites for hydroxylation is 1. The zero-order chi connectivity index (χ0) is 7.56. The Morgan fingerprint density at radius 3 is 2.70 bits per heavy atom. The van der Waals surface area contributed by atoms with E-state index in [2.05, 4.69) is 9.24 Å². The summed E-state index contributed by atoms with van der Waals surface area (Å²) in [4.78, 5) is 0. The van der Waals surface area contributed by atoms with Crippen LogP contribution in [0.15, 0.2) is 18.2 Å². The quantitative estimate of drug-likeness (QED) is 0.432. The monoisotopic (exact) mass is 151 g/mol. The molecule has 3 heteroatoms. The van der Waals surface area contributed by atoms with Gasteiger partial charge in [-0.1, -0.05) is 23.8 Å². The van der Waals surface area contributed by atoms with Gasteiger partial charge in [0.05, 0.1) is 0 Å². The lowest BCUT2D eigenvalue weighted by Gasteiger charge is -2.00. The molecule has 1 atom stereocenters. The summed E-state index contributed by atoms with van der Waals surface area (Å²) in [5, 5.41) is 9.70. The third kappa shape index (κ3) is 1.59. The van der Waals surface area contributed by atoms with Crippen LogP contribution in [0.5, 0.6) is 0 Å². The van der Waals surface area contributed by atoms with E-state index in [9.17, 15) is 0 Å². The third-order valence-electron chi connectivity index (χ3n) is 1.38. The van der Waals surface area contributed by atoms with E-state index in [0.717, 1.165) is 18.2 Å². The Labute approximate surface area is 63.9 Å². The molecule has 0 spiro atoms. The van der Waals surface area contributed by atoms with E-state index in [1.807, 2.05) is 25.1 Å². The van der Waals surface area contributed by atoms with Crippen molar-refractivity contribution in [3.05, 3.63) is 23.8 Å². The first kappa shape index (κ1) is 7.78. The lowest BCUT2D eigenvalue weighted by atomic mass is 9.88. The SMILES string of the molecule is Cc1ccc([B]O)c(P)c1. The Bertz CT molecular complexity index is 237. The Morgan fingerprint density at radius 1 is 1.50 bits per heavy atom. The van der Waals surface area contributed by atoms with Crippen LogP contribution in [0.25, 0.3) is 0 Å². The second kappa shape index (κ2) is 3.18. The topological polar surface area (TPSA) is 20.2 Å². The standard InChI is InChI=1S/C7H9BOP/c1-5-2-3-6(8-9)7(10)4-5/h2-4,9H,10H2,1H3. The van der Waals surface area contributed by atoms with E-state index in [1.54, 1.807) is 0 Å². The van der Waals surface area contributed by atoms with Crippen LogP contribution in [0.1, 0.15) is 5.56 Å². The summed E-state index contributed by atoms with van der Waals surface area (Å²) < 4.78 is 0. The molecule has 1 radical (unpaired) electrons. The second-order valence-corrected chi connectivity index (χ2v) is 2.88. The van der Waals surface area contributed by atoms with Gasteiger partial charge >= 0.3 is 7.48 Å². The van der Waals surface area contributed by atoms with E-state index in [4.69, 9.17) is 5.02 Å². The van der Waals surface area contributed by atoms with Gasteiger partial charge in [-0.2, -0.15) is 0 Å². The van der Waals surface area contributed by atoms with Crippen molar-refractivity contribution in [3.63, 3.8) is 0 Å². The van der Waals surface area contributed by atoms with Gasteiger partial charge in [0.15, 0.2) is 0 Å². The minimum Gasteiger partial charge on any atom is -0.450 e. The highest BCUT2D eigenvalue weighted by Gasteiger charge is 1.96. The smallest absolute Gasteiger partial charge is 0.327 e. The fourth-order valence-corrected chi connectivity index (χ4v) is 1.25. The average Bonchev–Trinajstić information content (AvgIpc) is 1.88. The second-order valence-electron chi connectivity index (χ2n) is 2.26. The molecule has 0 aliphatic carbocycles. The van der Waals surface area contributed by atoms with E-state index >= 15 is 0 Å². The molecule has 1 aromatic carbocycles. The molecule has 1 unspecified atom stereocenters. The third-order valence-corrected chi connectivity index (χ3v) is 1.88. The van der Waals surface area contributed by atoms with Crippen LogP contribution in [0.3, 0.4) is 0 Å². The molecule has 0 aliphatic rings. The molecule has 1 aromatic rings. The molecule has 0 amide bonds. The van der Waals surface area contributed by atoms with Gasteiger partial charge in [0, 0.05) is 0 Å². The van der Waals surface area contributed by atoms with Crippen LogP contribution in [-0.2, 0) is 0 Å². The van der Waals surface area contributed by atoms with Crippen molar-refractivity contribution in [3.8, 4) is 0 Å². The van der Waals surface area contributed by atoms with Crippen LogP contribution >= 0.6 is 9.24 Å². The van der Waals surface area contributed by atoms with Crippen LogP contribution in [-0.4, -0.2) is 12.5 Å². The maximum absolute atomic E-state index is 8.67. The molecular formula is C7H9BOP. The normalized spacial score (nSPS) is 9.50. The summed E-state index contributed by atoms with van der Waals surface area (Å²) in [7, 11) is 3.69. The molecule has 0 aromatic heterocycles. The Kier molecular flexibility index (Phi) is 2.47. The van der Waals surface area contributed by atoms with Crippen molar-refractivity contribution in [2.45, 2.75) is 6.92 Å². The van der Waals surface area contributed by atoms with Crippen molar-refractivity contribution in [1.82, 2.24) is 0 Å². The van der Waals surface area contributed by atoms with E-state index < -0.39 is 0 Å². The first-order valence-corrected chi connectivity index (χ1v) is 3.65. The van der Waals surface area contributed by atoms with Crippen molar-refractivity contribution >= 4 is 27.5 Å². The molecule has 0 aliphatic heterocycles. The number of hydrogen-bond acceptors (Lipinski definition) is 1. The molecule has 0 saturated carbocycles. The first-order chi connectivity index (χ1) is 4.74. The van der Waals surface area contributed by atoms with Crippen LogP contribution in [0.4, 0.5) is 0 Å². The van der Waals surface area contributed by atoms with Gasteiger partial charge in [-0.25, -0.2) is 0 Å². The summed E-state index contributed by atoms with van der Waals surface area (Å²) in [5.74, 6) is 0. The van der Waals surface area contributed by atoms with Gasteiger partial charge in [0.25, 0.3) is 0 Å². The molecule has 10 heavy (non-hydrogen) atoms. The van der Waals surface area contributed by atoms with Crippen molar-refractivity contribution in [1.29, 1.82) is 0 Å². The molecule has 0 bridgehead atoms. The van der Waals surface area contributed by atoms with E-state index in [-0.39, 0.29) is 0 Å². The minimum absolute atomic E-state index is 0.857. The molecule has 1 rings (SSSR count). The predicted octanol–water partition coefficient (Wildman–Crippen LogP) is -0.268. The largest absolute Gasteiger partial charge is 0.450 e. The zero-order valence-electron chi connectivity index (χ0n) is 5.83. The fourth-order valence-electron chi connectivity index (χ4n) is 0.812. The Morgan fingerprint density at radius 2 is 2.20 bits per heavy atom. The molecule has 1 nitrogen and oxygen atoms in total. The van der Waals surface area contributed by atoms with E-state index in [1.165, 1.54) is 5.56 Å². The minimum atomic E-state index is 0.857. The van der Waals surface area contributed by atoms with Gasteiger partial charge in [-0.05, 0) is 17.7 Å². The summed E-state index contributed by atoms with van der Waals surface area (Å²) in [6, 6.07) is 5.86. The van der Waals surface area contributed by atoms with Crippen LogP contribution in [0, 0.1) is 6.92 Å². The Balaban J connectivity index is 3.07. The van der Waals surface area contributed by atoms with Crippen LogP contribution < -0.4 is 10.8 Å². The van der Waals surface area contributed by atoms with E-state index in [0.29, 0.717) is 0 Å². The summed E-state index contributed by atoms with van der Waals surface area (Å²) >= 11 is 0. The van der Waals surface area contributed by atoms with Gasteiger partial charge in [0.1, 0.15) is 0 Å². The molecule has 1 N–H and O–H groups in total. The Hall–Kier alpha value is -0.325. The number of benzene rings is 1. The molecule has 51 valence electrons. The molecule has 0 saturated heterocycles. The number of rotatable bonds is 1. The maximum Gasteiger partial charge on any atom is 0.327 e. The summed E-state index contributed by atoms with van der Waals surface area (Å²) in [5.41, 5.74) is 2.06.